The number of nitro groups is 1. The van der Waals surface area contributed by atoms with E-state index in [0.29, 0.717) is 0 Å². The molecule has 0 heterocycles. The van der Waals surface area contributed by atoms with Crippen LogP contribution in [0, 0.1) is 10.1 Å². The van der Waals surface area contributed by atoms with E-state index < -0.39 is 16.7 Å². The molecule has 7 nitrogen and oxygen atoms in total. The predicted molar refractivity (Wildman–Crippen MR) is 66.2 cm³/mol. The van der Waals surface area contributed by atoms with Gasteiger partial charge in [-0.1, -0.05) is 6.58 Å². The average molecular weight is 249 g/mol. The first-order chi connectivity index (χ1) is 8.43. The summed E-state index contributed by atoms with van der Waals surface area (Å²) in [5.41, 5.74) is 0.239. The van der Waals surface area contributed by atoms with Crippen LogP contribution in [-0.2, 0) is 9.59 Å². The Morgan fingerprint density at radius 3 is 2.50 bits per heavy atom. The molecule has 2 N–H and O–H groups in total. The maximum Gasteiger partial charge on any atom is 0.271 e. The van der Waals surface area contributed by atoms with Crippen LogP contribution in [0.1, 0.15) is 6.92 Å². The Morgan fingerprint density at radius 2 is 2.00 bits per heavy atom. The number of nitrogens with one attached hydrogen (secondary N) is 2. The molecule has 0 spiro atoms. The largest absolute Gasteiger partial charge is 0.324 e. The zero-order chi connectivity index (χ0) is 13.7. The first kappa shape index (κ1) is 13.4. The van der Waals surface area contributed by atoms with Crippen LogP contribution in [0.25, 0.3) is 0 Å². The number of carbonyl (C=O) groups is 2. The van der Waals surface area contributed by atoms with E-state index >= 15 is 0 Å². The highest BCUT2D eigenvalue weighted by Crippen LogP contribution is 2.27. The number of hydrogen-bond acceptors (Lipinski definition) is 4. The van der Waals surface area contributed by atoms with Gasteiger partial charge in [-0.25, -0.2) is 0 Å². The topological polar surface area (TPSA) is 101 Å². The zero-order valence-electron chi connectivity index (χ0n) is 9.60. The molecule has 0 radical (unpaired) electrons. The van der Waals surface area contributed by atoms with Crippen LogP contribution in [0.4, 0.5) is 17.1 Å². The van der Waals surface area contributed by atoms with Gasteiger partial charge in [0.2, 0.25) is 11.8 Å². The lowest BCUT2D eigenvalue weighted by molar-refractivity contribution is -0.384. The minimum absolute atomic E-state index is 0.159. The molecule has 18 heavy (non-hydrogen) atoms. The van der Waals surface area contributed by atoms with E-state index in [1.807, 2.05) is 0 Å². The maximum atomic E-state index is 11.2. The van der Waals surface area contributed by atoms with E-state index in [9.17, 15) is 19.7 Å². The summed E-state index contributed by atoms with van der Waals surface area (Å²) < 4.78 is 0. The lowest BCUT2D eigenvalue weighted by Gasteiger charge is -2.09. The molecule has 0 unspecified atom stereocenters. The molecule has 0 bridgehead atoms. The number of hydrogen-bond donors (Lipinski definition) is 2. The lowest BCUT2D eigenvalue weighted by Crippen LogP contribution is -2.13. The molecule has 0 saturated heterocycles. The van der Waals surface area contributed by atoms with Crippen LogP contribution in [0.15, 0.2) is 30.9 Å². The maximum absolute atomic E-state index is 11.2. The second-order valence-electron chi connectivity index (χ2n) is 3.36. The normalized spacial score (nSPS) is 9.39. The van der Waals surface area contributed by atoms with Gasteiger partial charge in [-0.3, -0.25) is 19.7 Å². The fourth-order valence-electron chi connectivity index (χ4n) is 1.23. The van der Waals surface area contributed by atoms with Crippen LogP contribution >= 0.6 is 0 Å². The van der Waals surface area contributed by atoms with Gasteiger partial charge in [-0.05, 0) is 12.1 Å². The summed E-state index contributed by atoms with van der Waals surface area (Å²) in [6, 6.07) is 3.73. The van der Waals surface area contributed by atoms with E-state index in [-0.39, 0.29) is 17.1 Å². The van der Waals surface area contributed by atoms with E-state index in [0.717, 1.165) is 6.08 Å². The number of rotatable bonds is 4. The third-order valence-corrected chi connectivity index (χ3v) is 1.97. The fraction of sp³-hybridized carbons (Fsp3) is 0.0909. The quantitative estimate of drug-likeness (QED) is 0.481. The highest BCUT2D eigenvalue weighted by Gasteiger charge is 2.12. The van der Waals surface area contributed by atoms with Crippen molar-refractivity contribution in [1.82, 2.24) is 0 Å². The lowest BCUT2D eigenvalue weighted by atomic mass is 10.2. The second-order valence-corrected chi connectivity index (χ2v) is 3.36. The Bertz CT molecular complexity index is 525. The molecule has 0 aliphatic heterocycles. The molecule has 0 aliphatic rings. The highest BCUT2D eigenvalue weighted by molar-refractivity contribution is 6.03. The Morgan fingerprint density at radius 1 is 1.33 bits per heavy atom. The summed E-state index contributed by atoms with van der Waals surface area (Å²) in [5, 5.41) is 15.5. The summed E-state index contributed by atoms with van der Waals surface area (Å²) >= 11 is 0. The minimum Gasteiger partial charge on any atom is -0.324 e. The summed E-state index contributed by atoms with van der Waals surface area (Å²) in [7, 11) is 0. The number of carbonyl (C=O) groups excluding carboxylic acids is 2. The van der Waals surface area contributed by atoms with Crippen LogP contribution in [0.3, 0.4) is 0 Å². The van der Waals surface area contributed by atoms with Crippen molar-refractivity contribution >= 4 is 28.9 Å². The molecule has 1 aromatic rings. The van der Waals surface area contributed by atoms with Gasteiger partial charge in [-0.2, -0.15) is 0 Å². The smallest absolute Gasteiger partial charge is 0.271 e. The average Bonchev–Trinajstić information content (AvgIpc) is 2.30. The van der Waals surface area contributed by atoms with Crippen molar-refractivity contribution in [3.05, 3.63) is 41.0 Å². The molecule has 0 saturated carbocycles. The SMILES string of the molecule is C=CC(=O)Nc1ccc([N+](=O)[O-])cc1NC(C)=O. The first-order valence-electron chi connectivity index (χ1n) is 4.93. The van der Waals surface area contributed by atoms with Gasteiger partial charge >= 0.3 is 0 Å². The van der Waals surface area contributed by atoms with Gasteiger partial charge in [0.25, 0.3) is 5.69 Å². The second kappa shape index (κ2) is 5.58. The third-order valence-electron chi connectivity index (χ3n) is 1.97. The molecule has 0 aliphatic carbocycles. The van der Waals surface area contributed by atoms with Crippen molar-refractivity contribution in [3.63, 3.8) is 0 Å². The standard InChI is InChI=1S/C11H11N3O4/c1-3-11(16)13-9-5-4-8(14(17)18)6-10(9)12-7(2)15/h3-6H,1H2,2H3,(H,12,15)(H,13,16). The number of benzene rings is 1. The summed E-state index contributed by atoms with van der Waals surface area (Å²) in [4.78, 5) is 32.2. The predicted octanol–water partition coefficient (Wildman–Crippen LogP) is 1.68. The van der Waals surface area contributed by atoms with Gasteiger partial charge < -0.3 is 10.6 Å². The van der Waals surface area contributed by atoms with Crippen LogP contribution in [0.2, 0.25) is 0 Å². The molecule has 1 aromatic carbocycles. The summed E-state index contributed by atoms with van der Waals surface area (Å²) in [6.07, 6.45) is 1.05. The van der Waals surface area contributed by atoms with Crippen molar-refractivity contribution in [1.29, 1.82) is 0 Å². The van der Waals surface area contributed by atoms with Gasteiger partial charge in [0.05, 0.1) is 16.3 Å². The van der Waals surface area contributed by atoms with E-state index in [4.69, 9.17) is 0 Å². The Kier molecular flexibility index (Phi) is 4.14. The molecular weight excluding hydrogens is 238 g/mol. The molecule has 0 fully saturated rings. The van der Waals surface area contributed by atoms with Crippen LogP contribution in [-0.4, -0.2) is 16.7 Å². The molecule has 0 aromatic heterocycles. The number of amides is 2. The molecule has 1 rings (SSSR count). The molecular formula is C11H11N3O4. The van der Waals surface area contributed by atoms with Crippen molar-refractivity contribution < 1.29 is 14.5 Å². The Labute approximate surface area is 103 Å². The number of anilines is 2. The first-order valence-corrected chi connectivity index (χ1v) is 4.93. The molecule has 7 heteroatoms. The molecule has 94 valence electrons. The summed E-state index contributed by atoms with van der Waals surface area (Å²) in [6.45, 7) is 4.55. The monoisotopic (exact) mass is 249 g/mol. The Balaban J connectivity index is 3.15. The number of nitro benzene ring substituents is 1. The summed E-state index contributed by atoms with van der Waals surface area (Å²) in [5.74, 6) is -0.875. The van der Waals surface area contributed by atoms with Gasteiger partial charge in [-0.15, -0.1) is 0 Å². The minimum atomic E-state index is -0.593. The fourth-order valence-corrected chi connectivity index (χ4v) is 1.23. The van der Waals surface area contributed by atoms with Gasteiger partial charge in [0.1, 0.15) is 0 Å². The van der Waals surface area contributed by atoms with Crippen LogP contribution in [0.5, 0.6) is 0 Å². The Hall–Kier alpha value is -2.70. The molecule has 2 amide bonds. The number of nitrogens with zero attached hydrogens (tertiary/aromatic N) is 1. The third kappa shape index (κ3) is 3.41. The van der Waals surface area contributed by atoms with Crippen molar-refractivity contribution in [2.24, 2.45) is 0 Å². The van der Waals surface area contributed by atoms with Crippen molar-refractivity contribution in [3.8, 4) is 0 Å². The molecule has 0 atom stereocenters. The van der Waals surface area contributed by atoms with E-state index in [1.165, 1.54) is 25.1 Å². The highest BCUT2D eigenvalue weighted by atomic mass is 16.6. The van der Waals surface area contributed by atoms with E-state index in [1.54, 1.807) is 0 Å². The van der Waals surface area contributed by atoms with E-state index in [2.05, 4.69) is 17.2 Å². The van der Waals surface area contributed by atoms with Gasteiger partial charge in [0.15, 0.2) is 0 Å². The van der Waals surface area contributed by atoms with Crippen LogP contribution < -0.4 is 10.6 Å². The zero-order valence-corrected chi connectivity index (χ0v) is 9.60. The van der Waals surface area contributed by atoms with Crippen molar-refractivity contribution in [2.45, 2.75) is 6.92 Å². The van der Waals surface area contributed by atoms with Gasteiger partial charge in [0, 0.05) is 19.1 Å². The van der Waals surface area contributed by atoms with Crippen molar-refractivity contribution in [2.75, 3.05) is 10.6 Å². The number of non-ortho nitro benzene ring substituents is 1.